The molecule has 3 aromatic rings. The van der Waals surface area contributed by atoms with E-state index in [2.05, 4.69) is 15.3 Å². The lowest BCUT2D eigenvalue weighted by Gasteiger charge is -2.06. The summed E-state index contributed by atoms with van der Waals surface area (Å²) >= 11 is 6.43. The van der Waals surface area contributed by atoms with Crippen molar-refractivity contribution in [1.29, 1.82) is 0 Å². The largest absolute Gasteiger partial charge is 0.478 e. The number of pyridine rings is 1. The minimum Gasteiger partial charge on any atom is -0.478 e. The Bertz CT molecular complexity index is 872. The van der Waals surface area contributed by atoms with Gasteiger partial charge in [0.25, 0.3) is 0 Å². The van der Waals surface area contributed by atoms with Crippen molar-refractivity contribution in [3.8, 4) is 17.0 Å². The maximum atomic E-state index is 11.0. The molecule has 0 unspecified atom stereocenters. The molecular weight excluding hydrogens is 326 g/mol. The van der Waals surface area contributed by atoms with E-state index < -0.39 is 0 Å². The van der Waals surface area contributed by atoms with Gasteiger partial charge in [0.15, 0.2) is 0 Å². The van der Waals surface area contributed by atoms with Gasteiger partial charge in [0.1, 0.15) is 0 Å². The number of aromatic nitrogens is 2. The van der Waals surface area contributed by atoms with Gasteiger partial charge in [0, 0.05) is 51.9 Å². The summed E-state index contributed by atoms with van der Waals surface area (Å²) < 4.78 is 5.36. The van der Waals surface area contributed by atoms with Gasteiger partial charge < -0.3 is 15.0 Å². The fourth-order valence-corrected chi connectivity index (χ4v) is 2.80. The first-order chi connectivity index (χ1) is 11.6. The first kappa shape index (κ1) is 16.3. The fraction of sp³-hybridized carbons (Fsp3) is 0.222. The van der Waals surface area contributed by atoms with Crippen LogP contribution in [0.2, 0.25) is 5.02 Å². The van der Waals surface area contributed by atoms with Gasteiger partial charge in [-0.05, 0) is 31.2 Å². The smallest absolute Gasteiger partial charge is 0.217 e. The standard InChI is InChI=1S/C18H18ClN3O2/c1-3-24-18-5-4-12(9-21-18)15-8-17-13(7-16(15)19)6-14(22-17)10-20-11(2)23/h4-9,22H,3,10H2,1-2H3,(H,20,23). The number of hydrogen-bond donors (Lipinski definition) is 2. The number of carbonyl (C=O) groups excluding carboxylic acids is 1. The van der Waals surface area contributed by atoms with Gasteiger partial charge in [-0.15, -0.1) is 0 Å². The highest BCUT2D eigenvalue weighted by Crippen LogP contribution is 2.32. The quantitative estimate of drug-likeness (QED) is 0.738. The number of amides is 1. The van der Waals surface area contributed by atoms with E-state index in [-0.39, 0.29) is 5.91 Å². The van der Waals surface area contributed by atoms with Gasteiger partial charge in [-0.1, -0.05) is 11.6 Å². The molecule has 1 aromatic carbocycles. The molecule has 124 valence electrons. The zero-order valence-corrected chi connectivity index (χ0v) is 14.3. The van der Waals surface area contributed by atoms with Crippen LogP contribution in [-0.4, -0.2) is 22.5 Å². The maximum Gasteiger partial charge on any atom is 0.217 e. The Morgan fingerprint density at radius 3 is 2.83 bits per heavy atom. The molecule has 24 heavy (non-hydrogen) atoms. The van der Waals surface area contributed by atoms with Gasteiger partial charge in [-0.2, -0.15) is 0 Å². The first-order valence-corrected chi connectivity index (χ1v) is 8.09. The number of hydrogen-bond acceptors (Lipinski definition) is 3. The van der Waals surface area contributed by atoms with Crippen molar-refractivity contribution in [1.82, 2.24) is 15.3 Å². The Labute approximate surface area is 145 Å². The molecule has 1 amide bonds. The normalized spacial score (nSPS) is 10.8. The molecule has 2 heterocycles. The Kier molecular flexibility index (Phi) is 4.71. The number of H-pyrrole nitrogens is 1. The molecule has 0 aliphatic carbocycles. The summed E-state index contributed by atoms with van der Waals surface area (Å²) in [5, 5.41) is 4.43. The van der Waals surface area contributed by atoms with E-state index in [0.717, 1.165) is 27.7 Å². The SMILES string of the molecule is CCOc1ccc(-c2cc3[nH]c(CNC(C)=O)cc3cc2Cl)cn1. The molecule has 0 bridgehead atoms. The molecule has 5 nitrogen and oxygen atoms in total. The topological polar surface area (TPSA) is 67.0 Å². The minimum absolute atomic E-state index is 0.0622. The molecule has 0 atom stereocenters. The second-order valence-corrected chi connectivity index (χ2v) is 5.85. The van der Waals surface area contributed by atoms with E-state index in [1.165, 1.54) is 6.92 Å². The second-order valence-electron chi connectivity index (χ2n) is 5.44. The molecule has 0 saturated carbocycles. The Morgan fingerprint density at radius 2 is 2.17 bits per heavy atom. The summed E-state index contributed by atoms with van der Waals surface area (Å²) in [6.45, 7) is 4.46. The predicted octanol–water partition coefficient (Wildman–Crippen LogP) is 3.92. The Hall–Kier alpha value is -2.53. The highest BCUT2D eigenvalue weighted by atomic mass is 35.5. The van der Waals surface area contributed by atoms with Crippen molar-refractivity contribution in [3.05, 3.63) is 47.2 Å². The van der Waals surface area contributed by atoms with Crippen molar-refractivity contribution >= 4 is 28.4 Å². The molecule has 6 heteroatoms. The van der Waals surface area contributed by atoms with Crippen LogP contribution in [0.1, 0.15) is 19.5 Å². The molecule has 3 rings (SSSR count). The van der Waals surface area contributed by atoms with Crippen molar-refractivity contribution in [3.63, 3.8) is 0 Å². The van der Waals surface area contributed by atoms with Crippen molar-refractivity contribution < 1.29 is 9.53 Å². The molecule has 0 spiro atoms. The summed E-state index contributed by atoms with van der Waals surface area (Å²) in [4.78, 5) is 18.6. The van der Waals surface area contributed by atoms with E-state index >= 15 is 0 Å². The maximum absolute atomic E-state index is 11.0. The highest BCUT2D eigenvalue weighted by Gasteiger charge is 2.09. The van der Waals surface area contributed by atoms with Crippen LogP contribution < -0.4 is 10.1 Å². The lowest BCUT2D eigenvalue weighted by Crippen LogP contribution is -2.18. The summed E-state index contributed by atoms with van der Waals surface area (Å²) in [6.07, 6.45) is 1.75. The van der Waals surface area contributed by atoms with Gasteiger partial charge in [0.2, 0.25) is 11.8 Å². The van der Waals surface area contributed by atoms with E-state index in [0.29, 0.717) is 24.1 Å². The average Bonchev–Trinajstić information content (AvgIpc) is 2.95. The van der Waals surface area contributed by atoms with Crippen LogP contribution in [0.15, 0.2) is 36.5 Å². The number of carbonyl (C=O) groups is 1. The van der Waals surface area contributed by atoms with Crippen LogP contribution in [0, 0.1) is 0 Å². The van der Waals surface area contributed by atoms with Crippen molar-refractivity contribution in [2.45, 2.75) is 20.4 Å². The third kappa shape index (κ3) is 3.51. The van der Waals surface area contributed by atoms with E-state index in [1.807, 2.05) is 37.3 Å². The third-order valence-electron chi connectivity index (χ3n) is 3.63. The van der Waals surface area contributed by atoms with E-state index in [9.17, 15) is 4.79 Å². The number of benzene rings is 1. The number of rotatable bonds is 5. The lowest BCUT2D eigenvalue weighted by molar-refractivity contribution is -0.119. The number of halogens is 1. The molecule has 0 saturated heterocycles. The number of nitrogens with one attached hydrogen (secondary N) is 2. The third-order valence-corrected chi connectivity index (χ3v) is 3.94. The van der Waals surface area contributed by atoms with Crippen LogP contribution >= 0.6 is 11.6 Å². The summed E-state index contributed by atoms with van der Waals surface area (Å²) in [5.74, 6) is 0.531. The zero-order chi connectivity index (χ0) is 17.1. The number of ether oxygens (including phenoxy) is 1. The summed E-state index contributed by atoms with van der Waals surface area (Å²) in [6, 6.07) is 9.66. The molecule has 0 aliphatic rings. The molecule has 0 radical (unpaired) electrons. The molecular formula is C18H18ClN3O2. The van der Waals surface area contributed by atoms with Crippen molar-refractivity contribution in [2.24, 2.45) is 0 Å². The molecule has 0 aliphatic heterocycles. The number of nitrogens with zero attached hydrogens (tertiary/aromatic N) is 1. The minimum atomic E-state index is -0.0622. The lowest BCUT2D eigenvalue weighted by atomic mass is 10.1. The predicted molar refractivity (Wildman–Crippen MR) is 95.2 cm³/mol. The number of aromatic amines is 1. The summed E-state index contributed by atoms with van der Waals surface area (Å²) in [5.41, 5.74) is 3.71. The highest BCUT2D eigenvalue weighted by molar-refractivity contribution is 6.34. The Morgan fingerprint density at radius 1 is 1.33 bits per heavy atom. The van der Waals surface area contributed by atoms with Crippen LogP contribution in [0.3, 0.4) is 0 Å². The van der Waals surface area contributed by atoms with E-state index in [4.69, 9.17) is 16.3 Å². The van der Waals surface area contributed by atoms with E-state index in [1.54, 1.807) is 6.20 Å². The fourth-order valence-electron chi connectivity index (χ4n) is 2.52. The molecule has 2 N–H and O–H groups in total. The van der Waals surface area contributed by atoms with Gasteiger partial charge in [-0.3, -0.25) is 4.79 Å². The molecule has 2 aromatic heterocycles. The monoisotopic (exact) mass is 343 g/mol. The molecule has 0 fully saturated rings. The zero-order valence-electron chi connectivity index (χ0n) is 13.5. The number of fused-ring (bicyclic) bond motifs is 1. The van der Waals surface area contributed by atoms with Gasteiger partial charge in [0.05, 0.1) is 13.2 Å². The van der Waals surface area contributed by atoms with Crippen LogP contribution in [0.25, 0.3) is 22.0 Å². The Balaban J connectivity index is 1.93. The average molecular weight is 344 g/mol. The van der Waals surface area contributed by atoms with Crippen LogP contribution in [0.4, 0.5) is 0 Å². The summed E-state index contributed by atoms with van der Waals surface area (Å²) in [7, 11) is 0. The first-order valence-electron chi connectivity index (χ1n) is 7.71. The van der Waals surface area contributed by atoms with Crippen LogP contribution in [0.5, 0.6) is 5.88 Å². The van der Waals surface area contributed by atoms with Crippen molar-refractivity contribution in [2.75, 3.05) is 6.61 Å². The van der Waals surface area contributed by atoms with Gasteiger partial charge >= 0.3 is 0 Å². The van der Waals surface area contributed by atoms with Gasteiger partial charge in [-0.25, -0.2) is 4.98 Å². The second kappa shape index (κ2) is 6.93. The van der Waals surface area contributed by atoms with Crippen LogP contribution in [-0.2, 0) is 11.3 Å².